The Morgan fingerprint density at radius 2 is 1.57 bits per heavy atom. The van der Waals surface area contributed by atoms with Gasteiger partial charge in [-0.05, 0) is 74.2 Å². The summed E-state index contributed by atoms with van der Waals surface area (Å²) in [5.41, 5.74) is 2.63. The van der Waals surface area contributed by atoms with Gasteiger partial charge in [0.25, 0.3) is 0 Å². The van der Waals surface area contributed by atoms with Crippen LogP contribution in [0.4, 0.5) is 11.4 Å². The maximum atomic E-state index is 9.12. The number of aliphatic hydroxyl groups excluding tert-OH is 2. The largest absolute Gasteiger partial charge is 0.494 e. The summed E-state index contributed by atoms with van der Waals surface area (Å²) in [4.78, 5) is 0. The number of nitrogens with one attached hydrogen (secondary N) is 1. The van der Waals surface area contributed by atoms with E-state index in [1.807, 2.05) is 48.5 Å². The SMILES string of the molecule is CCC(CO)NCCCCOc1ccc(N=Nc2ccc(CCO)cc2)cc1. The maximum Gasteiger partial charge on any atom is 0.119 e. The molecule has 0 saturated heterocycles. The van der Waals surface area contributed by atoms with Crippen molar-refractivity contribution < 1.29 is 14.9 Å². The molecule has 1 unspecified atom stereocenters. The molecule has 0 aliphatic carbocycles. The second-order valence-electron chi connectivity index (χ2n) is 6.63. The summed E-state index contributed by atoms with van der Waals surface area (Å²) in [6, 6.07) is 15.4. The Kier molecular flexibility index (Phi) is 10.2. The number of hydrogen-bond acceptors (Lipinski definition) is 6. The van der Waals surface area contributed by atoms with Crippen LogP contribution >= 0.6 is 0 Å². The van der Waals surface area contributed by atoms with E-state index in [0.717, 1.165) is 48.5 Å². The second-order valence-corrected chi connectivity index (χ2v) is 6.63. The molecule has 2 aromatic rings. The van der Waals surface area contributed by atoms with Gasteiger partial charge < -0.3 is 20.3 Å². The van der Waals surface area contributed by atoms with E-state index in [1.165, 1.54) is 0 Å². The minimum Gasteiger partial charge on any atom is -0.494 e. The molecule has 0 aliphatic heterocycles. The average Bonchev–Trinajstić information content (AvgIpc) is 2.74. The van der Waals surface area contributed by atoms with Crippen LogP contribution in [0.5, 0.6) is 5.75 Å². The molecule has 0 bridgehead atoms. The molecule has 0 aliphatic rings. The summed E-state index contributed by atoms with van der Waals surface area (Å²) in [7, 11) is 0. The highest BCUT2D eigenvalue weighted by atomic mass is 16.5. The van der Waals surface area contributed by atoms with Crippen molar-refractivity contribution in [1.82, 2.24) is 5.32 Å². The fourth-order valence-electron chi connectivity index (χ4n) is 2.64. The molecule has 6 nitrogen and oxygen atoms in total. The first-order valence-corrected chi connectivity index (χ1v) is 9.93. The van der Waals surface area contributed by atoms with Crippen molar-refractivity contribution in [3.63, 3.8) is 0 Å². The van der Waals surface area contributed by atoms with Crippen LogP contribution in [0.2, 0.25) is 0 Å². The molecule has 2 rings (SSSR count). The molecule has 2 aromatic carbocycles. The van der Waals surface area contributed by atoms with Crippen LogP contribution in [0.1, 0.15) is 31.7 Å². The molecule has 3 N–H and O–H groups in total. The monoisotopic (exact) mass is 385 g/mol. The van der Waals surface area contributed by atoms with E-state index >= 15 is 0 Å². The van der Waals surface area contributed by atoms with Crippen molar-refractivity contribution in [2.75, 3.05) is 26.4 Å². The Morgan fingerprint density at radius 3 is 2.14 bits per heavy atom. The Morgan fingerprint density at radius 1 is 0.929 bits per heavy atom. The molecule has 152 valence electrons. The molecule has 0 spiro atoms. The first kappa shape index (κ1) is 22.0. The third-order valence-corrected chi connectivity index (χ3v) is 4.44. The van der Waals surface area contributed by atoms with E-state index in [1.54, 1.807) is 0 Å². The van der Waals surface area contributed by atoms with E-state index in [0.29, 0.717) is 13.0 Å². The Bertz CT molecular complexity index is 683. The van der Waals surface area contributed by atoms with Crippen LogP contribution < -0.4 is 10.1 Å². The molecule has 0 aromatic heterocycles. The Labute approximate surface area is 167 Å². The molecular weight excluding hydrogens is 354 g/mol. The topological polar surface area (TPSA) is 86.4 Å². The third-order valence-electron chi connectivity index (χ3n) is 4.44. The van der Waals surface area contributed by atoms with Gasteiger partial charge >= 0.3 is 0 Å². The number of benzene rings is 2. The summed E-state index contributed by atoms with van der Waals surface area (Å²) in [5.74, 6) is 0.821. The van der Waals surface area contributed by atoms with Crippen LogP contribution in [-0.2, 0) is 6.42 Å². The zero-order valence-corrected chi connectivity index (χ0v) is 16.6. The van der Waals surface area contributed by atoms with Crippen molar-refractivity contribution in [1.29, 1.82) is 0 Å². The van der Waals surface area contributed by atoms with Crippen LogP contribution in [0.25, 0.3) is 0 Å². The highest BCUT2D eigenvalue weighted by molar-refractivity contribution is 5.43. The summed E-state index contributed by atoms with van der Waals surface area (Å²) in [6.07, 6.45) is 3.56. The highest BCUT2D eigenvalue weighted by Gasteiger charge is 2.02. The number of rotatable bonds is 13. The zero-order chi connectivity index (χ0) is 20.0. The summed E-state index contributed by atoms with van der Waals surface area (Å²) in [5, 5.41) is 29.8. The minimum absolute atomic E-state index is 0.148. The van der Waals surface area contributed by atoms with Gasteiger partial charge in [0.2, 0.25) is 0 Å². The van der Waals surface area contributed by atoms with Gasteiger partial charge in [0.1, 0.15) is 5.75 Å². The van der Waals surface area contributed by atoms with E-state index in [4.69, 9.17) is 14.9 Å². The Hall–Kier alpha value is -2.28. The van der Waals surface area contributed by atoms with E-state index in [9.17, 15) is 0 Å². The quantitative estimate of drug-likeness (QED) is 0.357. The van der Waals surface area contributed by atoms with Crippen molar-refractivity contribution in [2.45, 2.75) is 38.6 Å². The molecule has 1 atom stereocenters. The predicted octanol–water partition coefficient (Wildman–Crippen LogP) is 4.16. The van der Waals surface area contributed by atoms with E-state index in [-0.39, 0.29) is 19.3 Å². The summed E-state index contributed by atoms with van der Waals surface area (Å²) < 4.78 is 5.75. The van der Waals surface area contributed by atoms with Crippen molar-refractivity contribution in [3.05, 3.63) is 54.1 Å². The first-order valence-electron chi connectivity index (χ1n) is 9.93. The molecule has 0 amide bonds. The van der Waals surface area contributed by atoms with Crippen LogP contribution in [0, 0.1) is 0 Å². The van der Waals surface area contributed by atoms with Crippen LogP contribution in [0.3, 0.4) is 0 Å². The lowest BCUT2D eigenvalue weighted by molar-refractivity contribution is 0.237. The molecule has 0 heterocycles. The van der Waals surface area contributed by atoms with Gasteiger partial charge in [-0.1, -0.05) is 19.1 Å². The van der Waals surface area contributed by atoms with Crippen LogP contribution in [-0.4, -0.2) is 42.6 Å². The molecule has 6 heteroatoms. The van der Waals surface area contributed by atoms with Gasteiger partial charge in [-0.15, -0.1) is 0 Å². The van der Waals surface area contributed by atoms with Crippen molar-refractivity contribution >= 4 is 11.4 Å². The summed E-state index contributed by atoms with van der Waals surface area (Å²) in [6.45, 7) is 3.96. The Balaban J connectivity index is 1.69. The van der Waals surface area contributed by atoms with Crippen LogP contribution in [0.15, 0.2) is 58.8 Å². The molecule has 0 saturated carbocycles. The maximum absolute atomic E-state index is 9.12. The lowest BCUT2D eigenvalue weighted by Crippen LogP contribution is -2.32. The number of hydrogen-bond donors (Lipinski definition) is 3. The number of nitrogens with zero attached hydrogens (tertiary/aromatic N) is 2. The van der Waals surface area contributed by atoms with Gasteiger partial charge in [-0.25, -0.2) is 0 Å². The van der Waals surface area contributed by atoms with Gasteiger partial charge in [-0.3, -0.25) is 0 Å². The lowest BCUT2D eigenvalue weighted by Gasteiger charge is -2.13. The minimum atomic E-state index is 0.148. The fraction of sp³-hybridized carbons (Fsp3) is 0.455. The number of aliphatic hydroxyl groups is 2. The van der Waals surface area contributed by atoms with E-state index < -0.39 is 0 Å². The number of azo groups is 1. The first-order chi connectivity index (χ1) is 13.7. The lowest BCUT2D eigenvalue weighted by atomic mass is 10.1. The smallest absolute Gasteiger partial charge is 0.119 e. The van der Waals surface area contributed by atoms with Crippen molar-refractivity contribution in [2.24, 2.45) is 10.2 Å². The number of ether oxygens (including phenoxy) is 1. The second kappa shape index (κ2) is 13.0. The third kappa shape index (κ3) is 8.17. The van der Waals surface area contributed by atoms with Gasteiger partial charge in [0.15, 0.2) is 0 Å². The highest BCUT2D eigenvalue weighted by Crippen LogP contribution is 2.21. The standard InChI is InChI=1S/C22H31N3O3/c1-2-19(17-27)23-14-3-4-16-28-22-11-9-21(10-12-22)25-24-20-7-5-18(6-8-20)13-15-26/h5-12,19,23,26-27H,2-4,13-17H2,1H3. The van der Waals surface area contributed by atoms with E-state index in [2.05, 4.69) is 22.5 Å². The van der Waals surface area contributed by atoms with Crippen molar-refractivity contribution in [3.8, 4) is 5.75 Å². The molecule has 0 fully saturated rings. The average molecular weight is 386 g/mol. The van der Waals surface area contributed by atoms with Gasteiger partial charge in [0, 0.05) is 12.6 Å². The normalized spacial score (nSPS) is 12.4. The fourth-order valence-corrected chi connectivity index (χ4v) is 2.64. The predicted molar refractivity (Wildman–Crippen MR) is 112 cm³/mol. The van der Waals surface area contributed by atoms with Gasteiger partial charge in [0.05, 0.1) is 24.6 Å². The number of unbranched alkanes of at least 4 members (excludes halogenated alkanes) is 1. The molecular formula is C22H31N3O3. The zero-order valence-electron chi connectivity index (χ0n) is 16.6. The summed E-state index contributed by atoms with van der Waals surface area (Å²) >= 11 is 0. The molecule has 28 heavy (non-hydrogen) atoms. The molecule has 0 radical (unpaired) electrons. The van der Waals surface area contributed by atoms with Gasteiger partial charge in [-0.2, -0.15) is 10.2 Å².